The number of aliphatic imine (C=N–C) groups is 1. The number of methoxy groups -OCH3 is 2. The van der Waals surface area contributed by atoms with Gasteiger partial charge in [-0.15, -0.1) is 24.0 Å². The third-order valence-corrected chi connectivity index (χ3v) is 5.07. The molecule has 0 amide bonds. The molecule has 0 atom stereocenters. The molecule has 0 aliphatic carbocycles. The number of halogens is 1. The highest BCUT2D eigenvalue weighted by Crippen LogP contribution is 2.33. The summed E-state index contributed by atoms with van der Waals surface area (Å²) in [5.74, 6) is 3.43. The molecule has 2 N–H and O–H groups in total. The van der Waals surface area contributed by atoms with Crippen molar-refractivity contribution in [2.24, 2.45) is 4.99 Å². The molecule has 0 unspecified atom stereocenters. The van der Waals surface area contributed by atoms with Crippen LogP contribution in [0.3, 0.4) is 0 Å². The minimum Gasteiger partial charge on any atom is -0.493 e. The minimum absolute atomic E-state index is 0. The normalized spacial score (nSPS) is 13.9. The second-order valence-corrected chi connectivity index (χ2v) is 7.02. The number of rotatable bonds is 9. The zero-order valence-corrected chi connectivity index (χ0v) is 20.4. The van der Waals surface area contributed by atoms with Crippen molar-refractivity contribution in [3.05, 3.63) is 47.4 Å². The fraction of sp³-hybridized carbons (Fsp3) is 0.500. The first kappa shape index (κ1) is 24.3. The Labute approximate surface area is 196 Å². The van der Waals surface area contributed by atoms with E-state index >= 15 is 0 Å². The second kappa shape index (κ2) is 12.7. The molecule has 0 saturated carbocycles. The summed E-state index contributed by atoms with van der Waals surface area (Å²) >= 11 is 0. The first-order valence-electron chi connectivity index (χ1n) is 10.2. The number of ether oxygens (including phenoxy) is 2. The van der Waals surface area contributed by atoms with Crippen LogP contribution in [0.1, 0.15) is 23.8 Å². The van der Waals surface area contributed by atoms with Gasteiger partial charge in [0.1, 0.15) is 5.76 Å². The molecule has 1 aliphatic heterocycles. The van der Waals surface area contributed by atoms with E-state index in [1.807, 2.05) is 12.1 Å². The first-order chi connectivity index (χ1) is 14.2. The van der Waals surface area contributed by atoms with Crippen LogP contribution in [-0.2, 0) is 19.4 Å². The minimum atomic E-state index is 0. The molecule has 166 valence electrons. The number of furan rings is 1. The molecule has 0 saturated heterocycles. The summed E-state index contributed by atoms with van der Waals surface area (Å²) in [7, 11) is 3.36. The first-order valence-corrected chi connectivity index (χ1v) is 10.2. The lowest BCUT2D eigenvalue weighted by Crippen LogP contribution is -2.39. The summed E-state index contributed by atoms with van der Waals surface area (Å²) in [4.78, 5) is 7.16. The standard InChI is InChI=1S/C22H32N4O3.HI/c1-4-23-22(24-9-7-19-6-5-13-29-19)25-10-12-26-11-8-17-14-20(27-2)21(28-3)15-18(17)16-26;/h5-6,13-15H,4,7-12,16H2,1-3H3,(H2,23,24,25);1H. The average Bonchev–Trinajstić information content (AvgIpc) is 3.26. The molecule has 2 aromatic rings. The highest BCUT2D eigenvalue weighted by Gasteiger charge is 2.19. The smallest absolute Gasteiger partial charge is 0.191 e. The van der Waals surface area contributed by atoms with Crippen molar-refractivity contribution in [2.75, 3.05) is 46.9 Å². The Morgan fingerprint density at radius 2 is 1.93 bits per heavy atom. The summed E-state index contributed by atoms with van der Waals surface area (Å²) in [5, 5.41) is 6.67. The SMILES string of the molecule is CCNC(=NCCN1CCc2cc(OC)c(OC)cc2C1)NCCc1ccco1.I. The number of guanidine groups is 1. The van der Waals surface area contributed by atoms with Crippen molar-refractivity contribution in [3.63, 3.8) is 0 Å². The second-order valence-electron chi connectivity index (χ2n) is 7.02. The molecule has 0 fully saturated rings. The Bertz CT molecular complexity index is 796. The predicted octanol–water partition coefficient (Wildman–Crippen LogP) is 3.07. The predicted molar refractivity (Wildman–Crippen MR) is 130 cm³/mol. The number of fused-ring (bicyclic) bond motifs is 1. The molecule has 3 rings (SSSR count). The molecule has 7 nitrogen and oxygen atoms in total. The van der Waals surface area contributed by atoms with Crippen LogP contribution in [0.5, 0.6) is 11.5 Å². The zero-order valence-electron chi connectivity index (χ0n) is 18.1. The van der Waals surface area contributed by atoms with E-state index in [2.05, 4.69) is 34.6 Å². The summed E-state index contributed by atoms with van der Waals surface area (Å²) in [6.07, 6.45) is 3.56. The van der Waals surface area contributed by atoms with Crippen LogP contribution >= 0.6 is 24.0 Å². The van der Waals surface area contributed by atoms with Crippen LogP contribution in [0.15, 0.2) is 39.9 Å². The van der Waals surface area contributed by atoms with Gasteiger partial charge >= 0.3 is 0 Å². The van der Waals surface area contributed by atoms with Crippen LogP contribution in [0.25, 0.3) is 0 Å². The highest BCUT2D eigenvalue weighted by molar-refractivity contribution is 14.0. The fourth-order valence-corrected chi connectivity index (χ4v) is 3.54. The molecule has 0 spiro atoms. The van der Waals surface area contributed by atoms with Gasteiger partial charge in [0, 0.05) is 39.1 Å². The number of nitrogens with one attached hydrogen (secondary N) is 2. The van der Waals surface area contributed by atoms with Gasteiger partial charge in [-0.3, -0.25) is 9.89 Å². The van der Waals surface area contributed by atoms with Crippen molar-refractivity contribution >= 4 is 29.9 Å². The molecule has 0 radical (unpaired) electrons. The maximum Gasteiger partial charge on any atom is 0.191 e. The van der Waals surface area contributed by atoms with E-state index in [-0.39, 0.29) is 24.0 Å². The molecule has 1 aromatic heterocycles. The monoisotopic (exact) mass is 528 g/mol. The topological polar surface area (TPSA) is 71.3 Å². The van der Waals surface area contributed by atoms with Gasteiger partial charge in [-0.2, -0.15) is 0 Å². The molecule has 8 heteroatoms. The molecular formula is C22H33IN4O3. The summed E-state index contributed by atoms with van der Waals surface area (Å²) in [5.41, 5.74) is 2.65. The Morgan fingerprint density at radius 1 is 1.17 bits per heavy atom. The maximum absolute atomic E-state index is 5.45. The molecule has 30 heavy (non-hydrogen) atoms. The maximum atomic E-state index is 5.45. The van der Waals surface area contributed by atoms with Gasteiger partial charge in [-0.05, 0) is 48.7 Å². The van der Waals surface area contributed by atoms with E-state index in [4.69, 9.17) is 18.9 Å². The van der Waals surface area contributed by atoms with E-state index in [1.165, 1.54) is 11.1 Å². The number of nitrogens with zero attached hydrogens (tertiary/aromatic N) is 2. The van der Waals surface area contributed by atoms with Crippen LogP contribution in [-0.4, -0.2) is 57.8 Å². The molecule has 1 aliphatic rings. The molecule has 2 heterocycles. The summed E-state index contributed by atoms with van der Waals surface area (Å²) < 4.78 is 16.2. The van der Waals surface area contributed by atoms with E-state index in [1.54, 1.807) is 20.5 Å². The average molecular weight is 528 g/mol. The third kappa shape index (κ3) is 6.80. The van der Waals surface area contributed by atoms with Crippen molar-refractivity contribution in [3.8, 4) is 11.5 Å². The van der Waals surface area contributed by atoms with Crippen molar-refractivity contribution in [1.29, 1.82) is 0 Å². The lowest BCUT2D eigenvalue weighted by atomic mass is 9.99. The molecule has 0 bridgehead atoms. The third-order valence-electron chi connectivity index (χ3n) is 5.07. The Balaban J connectivity index is 0.00000320. The van der Waals surface area contributed by atoms with Crippen molar-refractivity contribution in [1.82, 2.24) is 15.5 Å². The number of benzene rings is 1. The summed E-state index contributed by atoms with van der Waals surface area (Å²) in [6, 6.07) is 8.11. The molecule has 1 aromatic carbocycles. The highest BCUT2D eigenvalue weighted by atomic mass is 127. The molecular weight excluding hydrogens is 495 g/mol. The van der Waals surface area contributed by atoms with Crippen molar-refractivity contribution in [2.45, 2.75) is 26.3 Å². The van der Waals surface area contributed by atoms with E-state index < -0.39 is 0 Å². The van der Waals surface area contributed by atoms with Crippen LogP contribution in [0.2, 0.25) is 0 Å². The van der Waals surface area contributed by atoms with E-state index in [9.17, 15) is 0 Å². The van der Waals surface area contributed by atoms with Gasteiger partial charge in [-0.25, -0.2) is 0 Å². The zero-order chi connectivity index (χ0) is 20.5. The Morgan fingerprint density at radius 3 is 2.60 bits per heavy atom. The van der Waals surface area contributed by atoms with E-state index in [0.29, 0.717) is 0 Å². The van der Waals surface area contributed by atoms with E-state index in [0.717, 1.165) is 75.3 Å². The van der Waals surface area contributed by atoms with Gasteiger partial charge < -0.3 is 24.5 Å². The van der Waals surface area contributed by atoms with Gasteiger partial charge in [0.05, 0.1) is 27.0 Å². The van der Waals surface area contributed by atoms with Gasteiger partial charge in [0.25, 0.3) is 0 Å². The van der Waals surface area contributed by atoms with Gasteiger partial charge in [0.2, 0.25) is 0 Å². The van der Waals surface area contributed by atoms with Gasteiger partial charge in [-0.1, -0.05) is 0 Å². The number of hydrogen-bond donors (Lipinski definition) is 2. The van der Waals surface area contributed by atoms with Gasteiger partial charge in [0.15, 0.2) is 17.5 Å². The lowest BCUT2D eigenvalue weighted by Gasteiger charge is -2.29. The van der Waals surface area contributed by atoms with Crippen LogP contribution < -0.4 is 20.1 Å². The Kier molecular flexibility index (Phi) is 10.3. The van der Waals surface area contributed by atoms with Crippen LogP contribution in [0, 0.1) is 0 Å². The Hall–Kier alpha value is -1.94. The van der Waals surface area contributed by atoms with Crippen molar-refractivity contribution < 1.29 is 13.9 Å². The largest absolute Gasteiger partial charge is 0.493 e. The fourth-order valence-electron chi connectivity index (χ4n) is 3.54. The number of hydrogen-bond acceptors (Lipinski definition) is 5. The summed E-state index contributed by atoms with van der Waals surface area (Å²) in [6.45, 7) is 7.31. The lowest BCUT2D eigenvalue weighted by molar-refractivity contribution is 0.260. The quantitative estimate of drug-likeness (QED) is 0.296. The van der Waals surface area contributed by atoms with Crippen LogP contribution in [0.4, 0.5) is 0 Å².